The standard InChI is InChI=1S/C13H18N4OS/c1-10(2)17-12(14)15-16-13(17)19-9-18-8-11-6-4-3-5-7-11/h3-7,10H,8-9H2,1-2H3,(H2,14,15). The van der Waals surface area contributed by atoms with Crippen LogP contribution in [0.15, 0.2) is 35.5 Å². The van der Waals surface area contributed by atoms with E-state index in [-0.39, 0.29) is 6.04 Å². The maximum Gasteiger partial charge on any atom is 0.222 e. The van der Waals surface area contributed by atoms with E-state index in [2.05, 4.69) is 24.0 Å². The molecule has 1 heterocycles. The minimum atomic E-state index is 0.242. The second-order valence-corrected chi connectivity index (χ2v) is 5.29. The van der Waals surface area contributed by atoms with Gasteiger partial charge in [0.05, 0.1) is 6.61 Å². The lowest BCUT2D eigenvalue weighted by Gasteiger charge is -2.11. The molecule has 19 heavy (non-hydrogen) atoms. The normalized spacial score (nSPS) is 11.1. The number of hydrogen-bond donors (Lipinski definition) is 1. The summed E-state index contributed by atoms with van der Waals surface area (Å²) in [6.07, 6.45) is 0. The minimum Gasteiger partial charge on any atom is -0.368 e. The summed E-state index contributed by atoms with van der Waals surface area (Å²) in [5.74, 6) is 0.972. The molecule has 2 rings (SSSR count). The number of hydrogen-bond acceptors (Lipinski definition) is 5. The molecule has 2 N–H and O–H groups in total. The highest BCUT2D eigenvalue weighted by Crippen LogP contribution is 2.22. The van der Waals surface area contributed by atoms with Crippen molar-refractivity contribution in [1.29, 1.82) is 0 Å². The lowest BCUT2D eigenvalue weighted by molar-refractivity contribution is 0.169. The fourth-order valence-corrected chi connectivity index (χ4v) is 2.51. The Morgan fingerprint density at radius 3 is 2.68 bits per heavy atom. The number of benzene rings is 1. The first-order chi connectivity index (χ1) is 9.18. The molecule has 102 valence electrons. The highest BCUT2D eigenvalue weighted by atomic mass is 32.2. The third kappa shape index (κ3) is 3.71. The summed E-state index contributed by atoms with van der Waals surface area (Å²) in [6.45, 7) is 4.70. The third-order valence-electron chi connectivity index (χ3n) is 2.59. The molecule has 0 amide bonds. The topological polar surface area (TPSA) is 66.0 Å². The zero-order chi connectivity index (χ0) is 13.7. The van der Waals surface area contributed by atoms with Gasteiger partial charge in [-0.3, -0.25) is 4.57 Å². The number of thioether (sulfide) groups is 1. The van der Waals surface area contributed by atoms with Crippen LogP contribution in [0.5, 0.6) is 0 Å². The van der Waals surface area contributed by atoms with Gasteiger partial charge in [-0.1, -0.05) is 42.1 Å². The average molecular weight is 278 g/mol. The SMILES string of the molecule is CC(C)n1c(N)nnc1SCOCc1ccccc1. The zero-order valence-corrected chi connectivity index (χ0v) is 11.9. The zero-order valence-electron chi connectivity index (χ0n) is 11.1. The van der Waals surface area contributed by atoms with Gasteiger partial charge < -0.3 is 10.5 Å². The monoisotopic (exact) mass is 278 g/mol. The van der Waals surface area contributed by atoms with E-state index in [1.807, 2.05) is 34.9 Å². The van der Waals surface area contributed by atoms with Gasteiger partial charge in [-0.25, -0.2) is 0 Å². The summed E-state index contributed by atoms with van der Waals surface area (Å²) in [7, 11) is 0. The van der Waals surface area contributed by atoms with Gasteiger partial charge in [0.1, 0.15) is 5.94 Å². The van der Waals surface area contributed by atoms with Crippen LogP contribution in [0.3, 0.4) is 0 Å². The Kier molecular flexibility index (Phi) is 4.81. The number of nitrogens with zero attached hydrogens (tertiary/aromatic N) is 3. The van der Waals surface area contributed by atoms with E-state index in [0.717, 1.165) is 10.7 Å². The molecular weight excluding hydrogens is 260 g/mol. The van der Waals surface area contributed by atoms with E-state index in [4.69, 9.17) is 10.5 Å². The first-order valence-corrected chi connectivity index (χ1v) is 7.12. The Hall–Kier alpha value is -1.53. The second kappa shape index (κ2) is 6.58. The van der Waals surface area contributed by atoms with Crippen LogP contribution in [0.1, 0.15) is 25.5 Å². The highest BCUT2D eigenvalue weighted by molar-refractivity contribution is 7.99. The maximum absolute atomic E-state index is 5.77. The largest absolute Gasteiger partial charge is 0.368 e. The first kappa shape index (κ1) is 13.9. The predicted molar refractivity (Wildman–Crippen MR) is 76.8 cm³/mol. The number of nitrogens with two attached hydrogens (primary N) is 1. The predicted octanol–water partition coefficient (Wildman–Crippen LogP) is 2.71. The van der Waals surface area contributed by atoms with E-state index >= 15 is 0 Å². The molecule has 0 bridgehead atoms. The molecule has 1 aromatic carbocycles. The number of nitrogen functional groups attached to an aromatic ring is 1. The molecule has 0 radical (unpaired) electrons. The van der Waals surface area contributed by atoms with Crippen LogP contribution >= 0.6 is 11.8 Å². The molecule has 1 aromatic heterocycles. The number of aromatic nitrogens is 3. The molecule has 0 saturated heterocycles. The lowest BCUT2D eigenvalue weighted by Crippen LogP contribution is -2.07. The first-order valence-electron chi connectivity index (χ1n) is 6.13. The van der Waals surface area contributed by atoms with E-state index in [9.17, 15) is 0 Å². The van der Waals surface area contributed by atoms with Crippen molar-refractivity contribution in [2.45, 2.75) is 31.7 Å². The Labute approximate surface area is 117 Å². The molecule has 0 aliphatic carbocycles. The third-order valence-corrected chi connectivity index (χ3v) is 3.41. The van der Waals surface area contributed by atoms with Crippen molar-refractivity contribution >= 4 is 17.7 Å². The molecule has 2 aromatic rings. The van der Waals surface area contributed by atoms with Crippen molar-refractivity contribution in [2.24, 2.45) is 0 Å². The van der Waals surface area contributed by atoms with Gasteiger partial charge >= 0.3 is 0 Å². The van der Waals surface area contributed by atoms with Crippen LogP contribution in [0.25, 0.3) is 0 Å². The van der Waals surface area contributed by atoms with Crippen molar-refractivity contribution in [3.8, 4) is 0 Å². The van der Waals surface area contributed by atoms with Crippen molar-refractivity contribution in [1.82, 2.24) is 14.8 Å². The van der Waals surface area contributed by atoms with Gasteiger partial charge in [0.25, 0.3) is 0 Å². The van der Waals surface area contributed by atoms with Crippen LogP contribution < -0.4 is 5.73 Å². The molecule has 0 fully saturated rings. The summed E-state index contributed by atoms with van der Waals surface area (Å²) in [6, 6.07) is 10.3. The van der Waals surface area contributed by atoms with Crippen molar-refractivity contribution in [2.75, 3.05) is 11.7 Å². The molecule has 0 unspecified atom stereocenters. The number of rotatable bonds is 6. The maximum atomic E-state index is 5.77. The van der Waals surface area contributed by atoms with E-state index < -0.39 is 0 Å². The smallest absolute Gasteiger partial charge is 0.222 e. The average Bonchev–Trinajstić information content (AvgIpc) is 2.77. The van der Waals surface area contributed by atoms with E-state index in [0.29, 0.717) is 18.5 Å². The van der Waals surface area contributed by atoms with Crippen LogP contribution in [-0.4, -0.2) is 20.7 Å². The lowest BCUT2D eigenvalue weighted by atomic mass is 10.2. The second-order valence-electron chi connectivity index (χ2n) is 4.40. The van der Waals surface area contributed by atoms with Crippen LogP contribution in [0.4, 0.5) is 5.95 Å². The van der Waals surface area contributed by atoms with Gasteiger partial charge in [-0.15, -0.1) is 10.2 Å². The van der Waals surface area contributed by atoms with E-state index in [1.165, 1.54) is 11.8 Å². The summed E-state index contributed by atoms with van der Waals surface area (Å²) >= 11 is 1.50. The Morgan fingerprint density at radius 1 is 1.26 bits per heavy atom. The van der Waals surface area contributed by atoms with Gasteiger partial charge in [-0.2, -0.15) is 0 Å². The molecular formula is C13H18N4OS. The Morgan fingerprint density at radius 2 is 2.00 bits per heavy atom. The summed E-state index contributed by atoms with van der Waals surface area (Å²) < 4.78 is 7.51. The molecule has 0 atom stereocenters. The summed E-state index contributed by atoms with van der Waals surface area (Å²) in [5, 5.41) is 8.73. The highest BCUT2D eigenvalue weighted by Gasteiger charge is 2.12. The van der Waals surface area contributed by atoms with E-state index in [1.54, 1.807) is 0 Å². The van der Waals surface area contributed by atoms with Crippen molar-refractivity contribution < 1.29 is 4.74 Å². The molecule has 6 heteroatoms. The van der Waals surface area contributed by atoms with Crippen LogP contribution in [0.2, 0.25) is 0 Å². The van der Waals surface area contributed by atoms with Crippen LogP contribution in [0, 0.1) is 0 Å². The van der Waals surface area contributed by atoms with Crippen molar-refractivity contribution in [3.63, 3.8) is 0 Å². The molecule has 0 aliphatic heterocycles. The van der Waals surface area contributed by atoms with Gasteiger partial charge in [0.15, 0.2) is 5.16 Å². The quantitative estimate of drug-likeness (QED) is 0.500. The summed E-state index contributed by atoms with van der Waals surface area (Å²) in [4.78, 5) is 0. The minimum absolute atomic E-state index is 0.242. The molecule has 5 nitrogen and oxygen atoms in total. The number of ether oxygens (including phenoxy) is 1. The summed E-state index contributed by atoms with van der Waals surface area (Å²) in [5.41, 5.74) is 6.93. The fourth-order valence-electron chi connectivity index (χ4n) is 1.70. The molecule has 0 saturated carbocycles. The van der Waals surface area contributed by atoms with Gasteiger partial charge in [0.2, 0.25) is 5.95 Å². The fraction of sp³-hybridized carbons (Fsp3) is 0.385. The van der Waals surface area contributed by atoms with Crippen LogP contribution in [-0.2, 0) is 11.3 Å². The Balaban J connectivity index is 1.83. The Bertz CT molecular complexity index is 513. The van der Waals surface area contributed by atoms with Crippen molar-refractivity contribution in [3.05, 3.63) is 35.9 Å². The number of anilines is 1. The van der Waals surface area contributed by atoms with Gasteiger partial charge in [0, 0.05) is 6.04 Å². The molecule has 0 spiro atoms. The van der Waals surface area contributed by atoms with Gasteiger partial charge in [-0.05, 0) is 19.4 Å². The molecule has 0 aliphatic rings.